The molecule has 5 aromatic rings. The minimum absolute atomic E-state index is 0.0480. The number of ether oxygens (including phenoxy) is 2. The minimum Gasteiger partial charge on any atom is -0.422 e. The molecule has 0 atom stereocenters. The van der Waals surface area contributed by atoms with Gasteiger partial charge in [-0.2, -0.15) is 10.2 Å². The van der Waals surface area contributed by atoms with Crippen LogP contribution in [-0.4, -0.2) is 36.2 Å². The molecule has 48 heavy (non-hydrogen) atoms. The average molecular weight is 768 g/mol. The van der Waals surface area contributed by atoms with Crippen LogP contribution >= 0.6 is 31.9 Å². The molecule has 0 saturated carbocycles. The van der Waals surface area contributed by atoms with Crippen molar-refractivity contribution in [2.75, 3.05) is 0 Å². The van der Waals surface area contributed by atoms with Crippen LogP contribution in [0, 0.1) is 0 Å². The molecule has 0 unspecified atom stereocenters. The molecule has 0 aliphatic heterocycles. The lowest BCUT2D eigenvalue weighted by molar-refractivity contribution is 0.0691. The van der Waals surface area contributed by atoms with E-state index < -0.39 is 23.8 Å². The zero-order valence-electron chi connectivity index (χ0n) is 24.8. The van der Waals surface area contributed by atoms with Crippen LogP contribution in [0.3, 0.4) is 0 Å². The molecule has 2 N–H and O–H groups in total. The number of rotatable bonds is 10. The highest BCUT2D eigenvalue weighted by atomic mass is 79.9. The van der Waals surface area contributed by atoms with Crippen LogP contribution in [0.2, 0.25) is 0 Å². The second kappa shape index (κ2) is 16.2. The third kappa shape index (κ3) is 8.96. The monoisotopic (exact) mass is 766 g/mol. The molecule has 12 heteroatoms. The molecule has 0 bridgehead atoms. The molecule has 0 spiro atoms. The number of benzene rings is 5. The van der Waals surface area contributed by atoms with E-state index in [2.05, 4.69) is 52.9 Å². The number of hydrogen-bond acceptors (Lipinski definition) is 8. The summed E-state index contributed by atoms with van der Waals surface area (Å²) in [5.74, 6) is -2.21. The summed E-state index contributed by atoms with van der Waals surface area (Å²) >= 11 is 6.77. The van der Waals surface area contributed by atoms with Crippen LogP contribution in [0.5, 0.6) is 11.5 Å². The molecule has 0 heterocycles. The van der Waals surface area contributed by atoms with Crippen LogP contribution in [0.1, 0.15) is 52.6 Å². The third-order valence-corrected chi connectivity index (χ3v) is 7.51. The summed E-state index contributed by atoms with van der Waals surface area (Å²) in [7, 11) is 0. The lowest BCUT2D eigenvalue weighted by Crippen LogP contribution is -2.19. The highest BCUT2D eigenvalue weighted by Crippen LogP contribution is 2.26. The van der Waals surface area contributed by atoms with E-state index in [1.165, 1.54) is 24.6 Å². The first-order valence-corrected chi connectivity index (χ1v) is 15.8. The zero-order chi connectivity index (χ0) is 33.9. The van der Waals surface area contributed by atoms with Crippen LogP contribution in [0.25, 0.3) is 0 Å². The van der Waals surface area contributed by atoms with Crippen LogP contribution < -0.4 is 20.3 Å². The fraction of sp³-hybridized carbons (Fsp3) is 0. The van der Waals surface area contributed by atoms with Gasteiger partial charge in [0.25, 0.3) is 11.8 Å². The number of carbonyl (C=O) groups is 4. The number of nitrogens with one attached hydrogen (secondary N) is 2. The Morgan fingerprint density at radius 3 is 1.29 bits per heavy atom. The zero-order valence-corrected chi connectivity index (χ0v) is 28.0. The predicted molar refractivity (Wildman–Crippen MR) is 188 cm³/mol. The number of nitrogens with zero attached hydrogens (tertiary/aromatic N) is 2. The summed E-state index contributed by atoms with van der Waals surface area (Å²) in [5, 5.41) is 8.01. The van der Waals surface area contributed by atoms with Gasteiger partial charge in [0.2, 0.25) is 0 Å². The van der Waals surface area contributed by atoms with Gasteiger partial charge in [-0.25, -0.2) is 20.4 Å². The van der Waals surface area contributed by atoms with E-state index in [0.717, 1.165) is 0 Å². The Labute approximate surface area is 291 Å². The fourth-order valence-corrected chi connectivity index (χ4v) is 4.96. The Kier molecular flexibility index (Phi) is 11.4. The number of amides is 2. The average Bonchev–Trinajstić information content (AvgIpc) is 3.11. The lowest BCUT2D eigenvalue weighted by Gasteiger charge is -2.12. The molecule has 5 rings (SSSR count). The Morgan fingerprint density at radius 1 is 0.521 bits per heavy atom. The molecular weight excluding hydrogens is 744 g/mol. The van der Waals surface area contributed by atoms with E-state index in [-0.39, 0.29) is 22.6 Å². The molecule has 5 aromatic carbocycles. The van der Waals surface area contributed by atoms with Gasteiger partial charge in [0, 0.05) is 31.2 Å². The van der Waals surface area contributed by atoms with Gasteiger partial charge >= 0.3 is 11.9 Å². The molecule has 0 aliphatic carbocycles. The molecule has 0 radical (unpaired) electrons. The molecule has 10 nitrogen and oxygen atoms in total. The quantitative estimate of drug-likeness (QED) is 0.0670. The van der Waals surface area contributed by atoms with Gasteiger partial charge in [-0.05, 0) is 72.8 Å². The predicted octanol–water partition coefficient (Wildman–Crippen LogP) is 7.18. The van der Waals surface area contributed by atoms with E-state index in [0.29, 0.717) is 31.2 Å². The Balaban J connectivity index is 1.31. The summed E-state index contributed by atoms with van der Waals surface area (Å²) in [5.41, 5.74) is 6.40. The van der Waals surface area contributed by atoms with Crippen molar-refractivity contribution in [3.05, 3.63) is 164 Å². The number of hydrogen-bond donors (Lipinski definition) is 2. The van der Waals surface area contributed by atoms with E-state index in [1.807, 2.05) is 0 Å². The van der Waals surface area contributed by atoms with Crippen molar-refractivity contribution in [2.24, 2.45) is 10.2 Å². The standard InChI is InChI=1S/C36H24Br2N4O6/c37-27-15-17-31(25(19-27)21-39-41-33(43)23-9-3-1-4-10-23)47-35(45)29-13-7-8-14-30(29)36(46)48-32-18-16-28(38)20-26(32)22-40-42-34(44)24-11-5-2-6-12-24/h1-22H,(H,41,43)(H,42,44)/b39-21-,40-22-. The van der Waals surface area contributed by atoms with Crippen molar-refractivity contribution in [2.45, 2.75) is 0 Å². The molecule has 0 aromatic heterocycles. The smallest absolute Gasteiger partial charge is 0.344 e. The molecule has 0 saturated heterocycles. The van der Waals surface area contributed by atoms with Gasteiger partial charge < -0.3 is 9.47 Å². The van der Waals surface area contributed by atoms with Gasteiger partial charge in [0.05, 0.1) is 23.6 Å². The number of halogens is 2. The topological polar surface area (TPSA) is 136 Å². The molecule has 238 valence electrons. The maximum atomic E-state index is 13.4. The minimum atomic E-state index is -0.825. The van der Waals surface area contributed by atoms with Crippen molar-refractivity contribution in [1.29, 1.82) is 0 Å². The van der Waals surface area contributed by atoms with Gasteiger partial charge in [-0.1, -0.05) is 80.4 Å². The van der Waals surface area contributed by atoms with Gasteiger partial charge in [0.1, 0.15) is 11.5 Å². The highest BCUT2D eigenvalue weighted by molar-refractivity contribution is 9.10. The van der Waals surface area contributed by atoms with Crippen molar-refractivity contribution < 1.29 is 28.7 Å². The molecule has 0 aliphatic rings. The molecular formula is C36H24Br2N4O6. The van der Waals surface area contributed by atoms with Crippen LogP contribution in [0.15, 0.2) is 140 Å². The maximum absolute atomic E-state index is 13.4. The summed E-state index contributed by atoms with van der Waals surface area (Å²) in [4.78, 5) is 51.5. The highest BCUT2D eigenvalue weighted by Gasteiger charge is 2.22. The summed E-state index contributed by atoms with van der Waals surface area (Å²) in [6.45, 7) is 0. The number of hydrazone groups is 2. The Hall–Kier alpha value is -5.72. The van der Waals surface area contributed by atoms with Crippen molar-refractivity contribution in [1.82, 2.24) is 10.9 Å². The van der Waals surface area contributed by atoms with Crippen molar-refractivity contribution in [3.63, 3.8) is 0 Å². The first-order chi connectivity index (χ1) is 23.3. The SMILES string of the molecule is O=C(N/N=C\c1cc(Br)ccc1OC(=O)c1ccccc1C(=O)Oc1ccc(Br)cc1/C=N\NC(=O)c1ccccc1)c1ccccc1. The largest absolute Gasteiger partial charge is 0.422 e. The van der Waals surface area contributed by atoms with Crippen molar-refractivity contribution >= 4 is 68.0 Å². The van der Waals surface area contributed by atoms with Crippen molar-refractivity contribution in [3.8, 4) is 11.5 Å². The third-order valence-electron chi connectivity index (χ3n) is 6.53. The van der Waals surface area contributed by atoms with Gasteiger partial charge in [0.15, 0.2) is 0 Å². The lowest BCUT2D eigenvalue weighted by atomic mass is 10.1. The molecule has 0 fully saturated rings. The Bertz CT molecular complexity index is 1890. The van der Waals surface area contributed by atoms with Crippen LogP contribution in [-0.2, 0) is 0 Å². The number of esters is 2. The van der Waals surface area contributed by atoms with Gasteiger partial charge in [-0.15, -0.1) is 0 Å². The van der Waals surface area contributed by atoms with E-state index >= 15 is 0 Å². The second-order valence-electron chi connectivity index (χ2n) is 9.82. The van der Waals surface area contributed by atoms with E-state index in [1.54, 1.807) is 109 Å². The van der Waals surface area contributed by atoms with Crippen LogP contribution in [0.4, 0.5) is 0 Å². The summed E-state index contributed by atoms with van der Waals surface area (Å²) in [6.07, 6.45) is 2.68. The fourth-order valence-electron chi connectivity index (χ4n) is 4.20. The number of carbonyl (C=O) groups excluding carboxylic acids is 4. The van der Waals surface area contributed by atoms with E-state index in [4.69, 9.17) is 9.47 Å². The Morgan fingerprint density at radius 2 is 0.896 bits per heavy atom. The second-order valence-corrected chi connectivity index (χ2v) is 11.7. The molecule has 2 amide bonds. The summed E-state index contributed by atoms with van der Waals surface area (Å²) < 4.78 is 12.7. The first kappa shape index (κ1) is 33.6. The maximum Gasteiger partial charge on any atom is 0.344 e. The normalized spacial score (nSPS) is 10.9. The summed E-state index contributed by atoms with van der Waals surface area (Å²) in [6, 6.07) is 32.9. The van der Waals surface area contributed by atoms with E-state index in [9.17, 15) is 19.2 Å². The first-order valence-electron chi connectivity index (χ1n) is 14.2. The van der Waals surface area contributed by atoms with Gasteiger partial charge in [-0.3, -0.25) is 9.59 Å².